The van der Waals surface area contributed by atoms with E-state index in [0.29, 0.717) is 26.2 Å². The quantitative estimate of drug-likeness (QED) is 0.821. The van der Waals surface area contributed by atoms with Crippen molar-refractivity contribution < 1.29 is 13.2 Å². The summed E-state index contributed by atoms with van der Waals surface area (Å²) in [5.74, 6) is -0.580. The molecule has 2 fully saturated rings. The number of amides is 1. The lowest BCUT2D eigenvalue weighted by molar-refractivity contribution is -0.140. The number of piperazine rings is 1. The molecule has 1 amide bonds. The van der Waals surface area contributed by atoms with E-state index in [9.17, 15) is 13.2 Å². The summed E-state index contributed by atoms with van der Waals surface area (Å²) in [5, 5.41) is 3.14. The second-order valence-corrected chi connectivity index (χ2v) is 8.72. The van der Waals surface area contributed by atoms with Crippen LogP contribution in [-0.2, 0) is 14.8 Å². The van der Waals surface area contributed by atoms with Gasteiger partial charge in [0.15, 0.2) is 0 Å². The molecule has 0 bridgehead atoms. The molecule has 22 heavy (non-hydrogen) atoms. The van der Waals surface area contributed by atoms with Crippen molar-refractivity contribution in [1.82, 2.24) is 14.5 Å². The maximum absolute atomic E-state index is 12.7. The average molecular weight is 331 g/mol. The fourth-order valence-electron chi connectivity index (χ4n) is 3.53. The highest BCUT2D eigenvalue weighted by Crippen LogP contribution is 2.25. The Morgan fingerprint density at radius 1 is 1.18 bits per heavy atom. The van der Waals surface area contributed by atoms with Crippen LogP contribution in [0.4, 0.5) is 0 Å². The summed E-state index contributed by atoms with van der Waals surface area (Å²) in [7, 11) is -3.36. The number of carbonyl (C=O) groups is 1. The maximum Gasteiger partial charge on any atom is 0.226 e. The second-order valence-electron chi connectivity index (χ2n) is 6.70. The molecule has 3 unspecified atom stereocenters. The van der Waals surface area contributed by atoms with Crippen LogP contribution in [-0.4, -0.2) is 67.5 Å². The van der Waals surface area contributed by atoms with Crippen molar-refractivity contribution in [3.8, 4) is 0 Å². The van der Waals surface area contributed by atoms with Crippen molar-refractivity contribution in [3.05, 3.63) is 0 Å². The van der Waals surface area contributed by atoms with Crippen LogP contribution in [0.5, 0.6) is 0 Å². The molecular formula is C15H29N3O3S. The molecule has 0 spiro atoms. The Morgan fingerprint density at radius 2 is 1.73 bits per heavy atom. The molecule has 2 aliphatic heterocycles. The van der Waals surface area contributed by atoms with Gasteiger partial charge < -0.3 is 10.2 Å². The predicted octanol–water partition coefficient (Wildman–Crippen LogP) is 0.647. The maximum atomic E-state index is 12.7. The number of carbonyl (C=O) groups excluding carboxylic acids is 1. The molecular weight excluding hydrogens is 302 g/mol. The van der Waals surface area contributed by atoms with Gasteiger partial charge in [0, 0.05) is 38.3 Å². The van der Waals surface area contributed by atoms with Gasteiger partial charge in [0.25, 0.3) is 0 Å². The monoisotopic (exact) mass is 331 g/mol. The highest BCUT2D eigenvalue weighted by atomic mass is 32.2. The fraction of sp³-hybridized carbons (Fsp3) is 0.933. The largest absolute Gasteiger partial charge is 0.337 e. The van der Waals surface area contributed by atoms with Crippen molar-refractivity contribution in [2.75, 3.05) is 31.9 Å². The van der Waals surface area contributed by atoms with Crippen molar-refractivity contribution in [2.45, 2.75) is 52.1 Å². The highest BCUT2D eigenvalue weighted by Gasteiger charge is 2.35. The van der Waals surface area contributed by atoms with Gasteiger partial charge in [0.05, 0.1) is 11.7 Å². The summed E-state index contributed by atoms with van der Waals surface area (Å²) < 4.78 is 26.5. The van der Waals surface area contributed by atoms with Crippen LogP contribution < -0.4 is 5.32 Å². The van der Waals surface area contributed by atoms with Crippen LogP contribution in [0.3, 0.4) is 0 Å². The van der Waals surface area contributed by atoms with Crippen LogP contribution in [0.15, 0.2) is 0 Å². The van der Waals surface area contributed by atoms with Crippen molar-refractivity contribution in [3.63, 3.8) is 0 Å². The Hall–Kier alpha value is -0.660. The summed E-state index contributed by atoms with van der Waals surface area (Å²) in [6, 6.07) is 0.418. The van der Waals surface area contributed by atoms with Crippen LogP contribution >= 0.6 is 0 Å². The van der Waals surface area contributed by atoms with E-state index in [4.69, 9.17) is 0 Å². The van der Waals surface area contributed by atoms with Gasteiger partial charge in [-0.05, 0) is 33.1 Å². The van der Waals surface area contributed by atoms with Gasteiger partial charge in [-0.3, -0.25) is 4.79 Å². The molecule has 7 heteroatoms. The van der Waals surface area contributed by atoms with Gasteiger partial charge in [-0.15, -0.1) is 0 Å². The van der Waals surface area contributed by atoms with Gasteiger partial charge in [0.2, 0.25) is 15.9 Å². The number of hydrogen-bond donors (Lipinski definition) is 1. The standard InChI is InChI=1S/C15H29N3O3S/c1-12(11-22(20,21)17-9-7-16-8-10-17)15(19)18-13(2)5-4-6-14(18)3/h12-14,16H,4-11H2,1-3H3. The number of rotatable bonds is 4. The number of likely N-dealkylation sites (tertiary alicyclic amines) is 1. The third kappa shape index (κ3) is 4.00. The van der Waals surface area contributed by atoms with E-state index in [2.05, 4.69) is 19.2 Å². The Morgan fingerprint density at radius 3 is 2.27 bits per heavy atom. The zero-order valence-corrected chi connectivity index (χ0v) is 14.7. The lowest BCUT2D eigenvalue weighted by atomic mass is 9.96. The molecule has 2 saturated heterocycles. The molecule has 2 aliphatic rings. The molecule has 128 valence electrons. The Labute approximate surface area is 134 Å². The molecule has 2 rings (SSSR count). The average Bonchev–Trinajstić information content (AvgIpc) is 2.47. The van der Waals surface area contributed by atoms with Crippen LogP contribution in [0.2, 0.25) is 0 Å². The number of sulfonamides is 1. The molecule has 3 atom stereocenters. The smallest absolute Gasteiger partial charge is 0.226 e. The molecule has 0 saturated carbocycles. The van der Waals surface area contributed by atoms with Crippen molar-refractivity contribution in [2.24, 2.45) is 5.92 Å². The summed E-state index contributed by atoms with van der Waals surface area (Å²) in [6.45, 7) is 8.23. The molecule has 0 aromatic carbocycles. The minimum Gasteiger partial charge on any atom is -0.337 e. The van der Waals surface area contributed by atoms with Gasteiger partial charge in [-0.2, -0.15) is 4.31 Å². The topological polar surface area (TPSA) is 69.7 Å². The molecule has 2 heterocycles. The number of hydrogen-bond acceptors (Lipinski definition) is 4. The second kappa shape index (κ2) is 7.27. The van der Waals surface area contributed by atoms with Crippen LogP contribution in [0.1, 0.15) is 40.0 Å². The molecule has 0 radical (unpaired) electrons. The summed E-state index contributed by atoms with van der Waals surface area (Å²) in [4.78, 5) is 14.6. The van der Waals surface area contributed by atoms with E-state index >= 15 is 0 Å². The number of piperidine rings is 1. The van der Waals surface area contributed by atoms with Gasteiger partial charge in [0.1, 0.15) is 0 Å². The van der Waals surface area contributed by atoms with E-state index < -0.39 is 15.9 Å². The Kier molecular flexibility index (Phi) is 5.85. The van der Waals surface area contributed by atoms with E-state index in [0.717, 1.165) is 19.3 Å². The fourth-order valence-corrected chi connectivity index (χ4v) is 5.25. The lowest BCUT2D eigenvalue weighted by Crippen LogP contribution is -2.52. The molecule has 0 aromatic rings. The molecule has 1 N–H and O–H groups in total. The van der Waals surface area contributed by atoms with Crippen molar-refractivity contribution >= 4 is 15.9 Å². The Bertz CT molecular complexity index is 478. The first-order valence-electron chi connectivity index (χ1n) is 8.33. The SMILES string of the molecule is CC(CS(=O)(=O)N1CCNCC1)C(=O)N1C(C)CCCC1C. The molecule has 0 aromatic heterocycles. The zero-order chi connectivity index (χ0) is 16.3. The van der Waals surface area contributed by atoms with Gasteiger partial charge >= 0.3 is 0 Å². The van der Waals surface area contributed by atoms with E-state index in [-0.39, 0.29) is 23.7 Å². The van der Waals surface area contributed by atoms with Crippen molar-refractivity contribution in [1.29, 1.82) is 0 Å². The van der Waals surface area contributed by atoms with Gasteiger partial charge in [-0.1, -0.05) is 6.92 Å². The first-order chi connectivity index (χ1) is 10.3. The summed E-state index contributed by atoms with van der Waals surface area (Å²) in [6.07, 6.45) is 3.15. The summed E-state index contributed by atoms with van der Waals surface area (Å²) in [5.41, 5.74) is 0. The van der Waals surface area contributed by atoms with Crippen LogP contribution in [0.25, 0.3) is 0 Å². The molecule has 6 nitrogen and oxygen atoms in total. The third-order valence-electron chi connectivity index (χ3n) is 4.80. The zero-order valence-electron chi connectivity index (χ0n) is 13.9. The van der Waals surface area contributed by atoms with E-state index in [1.807, 2.05) is 4.90 Å². The highest BCUT2D eigenvalue weighted by molar-refractivity contribution is 7.89. The summed E-state index contributed by atoms with van der Waals surface area (Å²) >= 11 is 0. The van der Waals surface area contributed by atoms with E-state index in [1.165, 1.54) is 4.31 Å². The third-order valence-corrected chi connectivity index (χ3v) is 6.87. The van der Waals surface area contributed by atoms with Gasteiger partial charge in [-0.25, -0.2) is 8.42 Å². The number of nitrogens with one attached hydrogen (secondary N) is 1. The van der Waals surface area contributed by atoms with E-state index in [1.54, 1.807) is 6.92 Å². The molecule has 0 aliphatic carbocycles. The predicted molar refractivity (Wildman–Crippen MR) is 87.0 cm³/mol. The Balaban J connectivity index is 2.00. The number of nitrogens with zero attached hydrogens (tertiary/aromatic N) is 2. The first kappa shape index (κ1) is 17.7. The minimum absolute atomic E-state index is 0.0154. The first-order valence-corrected chi connectivity index (χ1v) is 9.94. The normalized spacial score (nSPS) is 29.3. The lowest BCUT2D eigenvalue weighted by Gasteiger charge is -2.40. The van der Waals surface area contributed by atoms with Crippen LogP contribution in [0, 0.1) is 5.92 Å². The minimum atomic E-state index is -3.36.